The molecule has 2 N–H and O–H groups in total. The maximum Gasteiger partial charge on any atom is 0.325 e. The molecule has 3 aromatic rings. The van der Waals surface area contributed by atoms with Crippen LogP contribution in [0.1, 0.15) is 30.9 Å². The van der Waals surface area contributed by atoms with Crippen LogP contribution in [-0.2, 0) is 15.1 Å². The number of benzene rings is 3. The number of para-hydroxylation sites is 2. The summed E-state index contributed by atoms with van der Waals surface area (Å²) < 4.78 is 5.93. The molecule has 0 spiro atoms. The van der Waals surface area contributed by atoms with Gasteiger partial charge in [0.05, 0.1) is 5.69 Å². The smallest absolute Gasteiger partial charge is 0.325 e. The number of nitrogens with one attached hydrogen (secondary N) is 2. The number of hydrogen-bond donors (Lipinski definition) is 2. The third-order valence-corrected chi connectivity index (χ3v) is 5.78. The van der Waals surface area contributed by atoms with E-state index in [1.165, 1.54) is 0 Å². The van der Waals surface area contributed by atoms with E-state index >= 15 is 0 Å². The van der Waals surface area contributed by atoms with Crippen LogP contribution in [0.2, 0.25) is 0 Å². The number of imide groups is 1. The Hall–Kier alpha value is -4.13. The van der Waals surface area contributed by atoms with E-state index in [-0.39, 0.29) is 0 Å². The Morgan fingerprint density at radius 2 is 1.65 bits per heavy atom. The summed E-state index contributed by atoms with van der Waals surface area (Å²) in [6.07, 6.45) is 1.12. The fourth-order valence-corrected chi connectivity index (χ4v) is 4.10. The zero-order valence-corrected chi connectivity index (χ0v) is 19.2. The van der Waals surface area contributed by atoms with Crippen molar-refractivity contribution in [3.05, 3.63) is 90.0 Å². The molecule has 1 saturated heterocycles. The quantitative estimate of drug-likeness (QED) is 0.468. The maximum absolute atomic E-state index is 13.4. The molecule has 1 aliphatic heterocycles. The van der Waals surface area contributed by atoms with E-state index in [0.717, 1.165) is 10.5 Å². The van der Waals surface area contributed by atoms with E-state index in [2.05, 4.69) is 10.6 Å². The lowest BCUT2D eigenvalue weighted by molar-refractivity contribution is -0.134. The topological polar surface area (TPSA) is 87.7 Å². The van der Waals surface area contributed by atoms with Crippen molar-refractivity contribution < 1.29 is 19.1 Å². The van der Waals surface area contributed by atoms with E-state index in [0.29, 0.717) is 35.6 Å². The van der Waals surface area contributed by atoms with Gasteiger partial charge in [0, 0.05) is 0 Å². The molecule has 1 atom stereocenters. The molecular weight excluding hydrogens is 430 g/mol. The van der Waals surface area contributed by atoms with Gasteiger partial charge in [0.2, 0.25) is 5.91 Å². The summed E-state index contributed by atoms with van der Waals surface area (Å²) in [7, 11) is 0. The van der Waals surface area contributed by atoms with Gasteiger partial charge in [-0.1, -0.05) is 73.5 Å². The standard InChI is InChI=1S/C27H27N3O4/c1-3-17-27(20-9-5-4-6-10-20)25(32)30(26(33)29-27)18-24(31)28-22-11-7-8-12-23(22)34-21-15-13-19(2)14-16-21/h4-16H,3,17-18H2,1-2H3,(H,28,31)(H,29,33). The molecule has 174 valence electrons. The van der Waals surface area contributed by atoms with Gasteiger partial charge in [-0.15, -0.1) is 0 Å². The average Bonchev–Trinajstić information content (AvgIpc) is 3.07. The SMILES string of the molecule is CCCC1(c2ccccc2)NC(=O)N(CC(=O)Nc2ccccc2Oc2ccc(C)cc2)C1=O. The molecule has 4 rings (SSSR count). The molecule has 0 aromatic heterocycles. The number of rotatable bonds is 8. The van der Waals surface area contributed by atoms with Crippen molar-refractivity contribution in [2.45, 2.75) is 32.2 Å². The molecule has 34 heavy (non-hydrogen) atoms. The van der Waals surface area contributed by atoms with Gasteiger partial charge in [-0.05, 0) is 43.2 Å². The molecule has 0 aliphatic carbocycles. The Bertz CT molecular complexity index is 1190. The monoisotopic (exact) mass is 457 g/mol. The second-order valence-corrected chi connectivity index (χ2v) is 8.30. The molecule has 7 heteroatoms. The van der Waals surface area contributed by atoms with Gasteiger partial charge in [-0.2, -0.15) is 0 Å². The van der Waals surface area contributed by atoms with Crippen molar-refractivity contribution in [2.24, 2.45) is 0 Å². The highest BCUT2D eigenvalue weighted by Gasteiger charge is 2.52. The largest absolute Gasteiger partial charge is 0.455 e. The number of urea groups is 1. The lowest BCUT2D eigenvalue weighted by atomic mass is 9.85. The van der Waals surface area contributed by atoms with Crippen LogP contribution in [-0.4, -0.2) is 29.3 Å². The molecule has 3 aromatic carbocycles. The van der Waals surface area contributed by atoms with Crippen LogP contribution in [0, 0.1) is 6.92 Å². The number of carbonyl (C=O) groups is 3. The van der Waals surface area contributed by atoms with Crippen LogP contribution in [0.15, 0.2) is 78.9 Å². The van der Waals surface area contributed by atoms with E-state index in [1.807, 2.05) is 68.4 Å². The van der Waals surface area contributed by atoms with Crippen molar-refractivity contribution >= 4 is 23.5 Å². The zero-order valence-electron chi connectivity index (χ0n) is 19.2. The Morgan fingerprint density at radius 1 is 0.971 bits per heavy atom. The van der Waals surface area contributed by atoms with E-state index < -0.39 is 29.9 Å². The minimum Gasteiger partial charge on any atom is -0.455 e. The summed E-state index contributed by atoms with van der Waals surface area (Å²) in [5.74, 6) is 0.170. The number of amides is 4. The molecule has 0 bridgehead atoms. The van der Waals surface area contributed by atoms with Gasteiger partial charge in [0.15, 0.2) is 5.75 Å². The van der Waals surface area contributed by atoms with Gasteiger partial charge < -0.3 is 15.4 Å². The van der Waals surface area contributed by atoms with E-state index in [4.69, 9.17) is 4.74 Å². The normalized spacial score (nSPS) is 17.4. The molecule has 4 amide bonds. The third kappa shape index (κ3) is 4.64. The van der Waals surface area contributed by atoms with Gasteiger partial charge in [0.25, 0.3) is 5.91 Å². The first-order valence-electron chi connectivity index (χ1n) is 11.3. The molecule has 1 fully saturated rings. The summed E-state index contributed by atoms with van der Waals surface area (Å²) in [6.45, 7) is 3.53. The highest BCUT2D eigenvalue weighted by Crippen LogP contribution is 2.34. The van der Waals surface area contributed by atoms with E-state index in [9.17, 15) is 14.4 Å². The van der Waals surface area contributed by atoms with E-state index in [1.54, 1.807) is 24.3 Å². The Labute approximate surface area is 198 Å². The minimum atomic E-state index is -1.17. The fraction of sp³-hybridized carbons (Fsp3) is 0.222. The number of nitrogens with zero attached hydrogens (tertiary/aromatic N) is 1. The fourth-order valence-electron chi connectivity index (χ4n) is 4.10. The van der Waals surface area contributed by atoms with Gasteiger partial charge in [-0.25, -0.2) is 4.79 Å². The molecule has 1 heterocycles. The van der Waals surface area contributed by atoms with Crippen molar-refractivity contribution in [1.82, 2.24) is 10.2 Å². The first-order valence-corrected chi connectivity index (χ1v) is 11.3. The van der Waals surface area contributed by atoms with Crippen LogP contribution in [0.4, 0.5) is 10.5 Å². The lowest BCUT2D eigenvalue weighted by Gasteiger charge is -2.26. The summed E-state index contributed by atoms with van der Waals surface area (Å²) in [4.78, 5) is 40.0. The van der Waals surface area contributed by atoms with Gasteiger partial charge in [0.1, 0.15) is 17.8 Å². The summed E-state index contributed by atoms with van der Waals surface area (Å²) in [6, 6.07) is 23.1. The molecule has 7 nitrogen and oxygen atoms in total. The van der Waals surface area contributed by atoms with Crippen LogP contribution < -0.4 is 15.4 Å². The molecular formula is C27H27N3O4. The minimum absolute atomic E-state index is 0.401. The summed E-state index contributed by atoms with van der Waals surface area (Å²) in [5.41, 5.74) is 1.09. The van der Waals surface area contributed by atoms with Crippen molar-refractivity contribution in [1.29, 1.82) is 0 Å². The predicted octanol–water partition coefficient (Wildman–Crippen LogP) is 4.97. The Morgan fingerprint density at radius 3 is 2.35 bits per heavy atom. The highest BCUT2D eigenvalue weighted by atomic mass is 16.5. The number of anilines is 1. The zero-order chi connectivity index (χ0) is 24.1. The molecule has 1 unspecified atom stereocenters. The lowest BCUT2D eigenvalue weighted by Crippen LogP contribution is -2.44. The van der Waals surface area contributed by atoms with Gasteiger partial charge in [-0.3, -0.25) is 14.5 Å². The predicted molar refractivity (Wildman–Crippen MR) is 130 cm³/mol. The third-order valence-electron chi connectivity index (χ3n) is 5.78. The maximum atomic E-state index is 13.4. The number of aryl methyl sites for hydroxylation is 1. The van der Waals surface area contributed by atoms with Crippen molar-refractivity contribution in [3.8, 4) is 11.5 Å². The van der Waals surface area contributed by atoms with Crippen LogP contribution in [0.3, 0.4) is 0 Å². The Kier molecular flexibility index (Phi) is 6.63. The van der Waals surface area contributed by atoms with Crippen molar-refractivity contribution in [2.75, 3.05) is 11.9 Å². The molecule has 1 aliphatic rings. The van der Waals surface area contributed by atoms with Crippen LogP contribution in [0.25, 0.3) is 0 Å². The highest BCUT2D eigenvalue weighted by molar-refractivity contribution is 6.10. The first kappa shape index (κ1) is 23.0. The number of hydrogen-bond acceptors (Lipinski definition) is 4. The first-order chi connectivity index (χ1) is 16.4. The number of carbonyl (C=O) groups excluding carboxylic acids is 3. The summed E-state index contributed by atoms with van der Waals surface area (Å²) >= 11 is 0. The van der Waals surface area contributed by atoms with Gasteiger partial charge >= 0.3 is 6.03 Å². The number of ether oxygens (including phenoxy) is 1. The molecule has 0 radical (unpaired) electrons. The molecule has 0 saturated carbocycles. The average molecular weight is 458 g/mol. The second-order valence-electron chi connectivity index (χ2n) is 8.30. The summed E-state index contributed by atoms with van der Waals surface area (Å²) in [5, 5.41) is 5.61. The van der Waals surface area contributed by atoms with Crippen molar-refractivity contribution in [3.63, 3.8) is 0 Å². The van der Waals surface area contributed by atoms with Crippen LogP contribution in [0.5, 0.6) is 11.5 Å². The Balaban J connectivity index is 1.50. The van der Waals surface area contributed by atoms with Crippen LogP contribution >= 0.6 is 0 Å². The second kappa shape index (κ2) is 9.79.